The van der Waals surface area contributed by atoms with Crippen molar-refractivity contribution in [2.24, 2.45) is 30.7 Å². The predicted molar refractivity (Wildman–Crippen MR) is 97.2 cm³/mol. The fourth-order valence-electron chi connectivity index (χ4n) is 4.65. The normalized spacial score (nSPS) is 25.6. The summed E-state index contributed by atoms with van der Waals surface area (Å²) < 4.78 is 6.62. The molecule has 3 N–H and O–H groups in total. The quantitative estimate of drug-likeness (QED) is 0.693. The second kappa shape index (κ2) is 7.14. The molecule has 2 bridgehead atoms. The van der Waals surface area contributed by atoms with E-state index >= 15 is 0 Å². The molecule has 0 radical (unpaired) electrons. The molecule has 2 saturated carbocycles. The van der Waals surface area contributed by atoms with Gasteiger partial charge in [0.2, 0.25) is 5.91 Å². The van der Waals surface area contributed by atoms with Gasteiger partial charge >= 0.3 is 5.97 Å². The number of aliphatic carboxylic acids is 1. The van der Waals surface area contributed by atoms with Crippen LogP contribution in [0.15, 0.2) is 29.0 Å². The van der Waals surface area contributed by atoms with Gasteiger partial charge in [-0.2, -0.15) is 5.10 Å². The summed E-state index contributed by atoms with van der Waals surface area (Å²) in [5.41, 5.74) is 0.355. The van der Waals surface area contributed by atoms with Crippen molar-refractivity contribution in [1.82, 2.24) is 15.1 Å². The SMILES string of the molecule is Cn1cc(NC(=O)[C@@H]2[C@H]3CC[C@@H](C3)[C@H]2C(=O)O)c(C(=O)NCc2ccco2)n1. The smallest absolute Gasteiger partial charge is 0.307 e. The molecule has 0 aromatic carbocycles. The van der Waals surface area contributed by atoms with E-state index in [2.05, 4.69) is 15.7 Å². The Hall–Kier alpha value is -3.10. The predicted octanol–water partition coefficient (Wildman–Crippen LogP) is 1.63. The van der Waals surface area contributed by atoms with Gasteiger partial charge < -0.3 is 20.2 Å². The van der Waals surface area contributed by atoms with Gasteiger partial charge in [0, 0.05) is 13.2 Å². The number of rotatable bonds is 6. The summed E-state index contributed by atoms with van der Waals surface area (Å²) in [5, 5.41) is 19.1. The van der Waals surface area contributed by atoms with Gasteiger partial charge in [-0.1, -0.05) is 0 Å². The van der Waals surface area contributed by atoms with Crippen LogP contribution in [0.3, 0.4) is 0 Å². The standard InChI is InChI=1S/C19H22N4O5/c1-23-9-13(16(22-23)18(25)20-8-12-3-2-6-28-12)21-17(24)14-10-4-5-11(7-10)15(14)19(26)27/h2-3,6,9-11,14-15H,4-5,7-8H2,1H3,(H,20,25)(H,21,24)(H,26,27)/t10-,11-,14+,15+/m0/s1. The van der Waals surface area contributed by atoms with Crippen molar-refractivity contribution >= 4 is 23.5 Å². The summed E-state index contributed by atoms with van der Waals surface area (Å²) >= 11 is 0. The Kier molecular flexibility index (Phi) is 4.66. The number of fused-ring (bicyclic) bond motifs is 2. The average molecular weight is 386 g/mol. The summed E-state index contributed by atoms with van der Waals surface area (Å²) in [4.78, 5) is 37.1. The summed E-state index contributed by atoms with van der Waals surface area (Å²) in [7, 11) is 1.65. The van der Waals surface area contributed by atoms with Gasteiger partial charge in [-0.25, -0.2) is 0 Å². The van der Waals surface area contributed by atoms with Crippen LogP contribution >= 0.6 is 0 Å². The van der Waals surface area contributed by atoms with Crippen LogP contribution in [0.5, 0.6) is 0 Å². The number of carboxylic acids is 1. The molecule has 2 aromatic heterocycles. The van der Waals surface area contributed by atoms with E-state index in [-0.39, 0.29) is 35.7 Å². The van der Waals surface area contributed by atoms with E-state index in [1.165, 1.54) is 10.9 Å². The lowest BCUT2D eigenvalue weighted by atomic mass is 9.78. The maximum Gasteiger partial charge on any atom is 0.307 e. The molecule has 9 nitrogen and oxygen atoms in total. The Morgan fingerprint density at radius 3 is 2.71 bits per heavy atom. The highest BCUT2D eigenvalue weighted by atomic mass is 16.4. The molecule has 2 heterocycles. The van der Waals surface area contributed by atoms with Crippen LogP contribution in [-0.4, -0.2) is 32.7 Å². The molecule has 2 aliphatic rings. The third-order valence-corrected chi connectivity index (χ3v) is 5.81. The van der Waals surface area contributed by atoms with Gasteiger partial charge in [0.05, 0.1) is 30.3 Å². The molecule has 2 aliphatic carbocycles. The number of nitrogens with one attached hydrogen (secondary N) is 2. The molecule has 9 heteroatoms. The van der Waals surface area contributed by atoms with Crippen LogP contribution in [0.25, 0.3) is 0 Å². The van der Waals surface area contributed by atoms with Gasteiger partial charge in [0.15, 0.2) is 5.69 Å². The highest BCUT2D eigenvalue weighted by Gasteiger charge is 2.54. The maximum atomic E-state index is 12.9. The summed E-state index contributed by atoms with van der Waals surface area (Å²) in [6, 6.07) is 3.46. The van der Waals surface area contributed by atoms with Crippen molar-refractivity contribution in [3.63, 3.8) is 0 Å². The number of carbonyl (C=O) groups is 3. The number of furan rings is 1. The van der Waals surface area contributed by atoms with Crippen molar-refractivity contribution in [1.29, 1.82) is 0 Å². The lowest BCUT2D eigenvalue weighted by Gasteiger charge is -2.26. The first kappa shape index (κ1) is 18.3. The van der Waals surface area contributed by atoms with Crippen LogP contribution < -0.4 is 10.6 Å². The molecular formula is C19H22N4O5. The first-order valence-corrected chi connectivity index (χ1v) is 9.32. The van der Waals surface area contributed by atoms with Crippen LogP contribution in [-0.2, 0) is 23.2 Å². The Bertz CT molecular complexity index is 904. The first-order chi connectivity index (χ1) is 13.4. The largest absolute Gasteiger partial charge is 0.481 e. The van der Waals surface area contributed by atoms with E-state index in [1.54, 1.807) is 25.4 Å². The Morgan fingerprint density at radius 1 is 1.29 bits per heavy atom. The van der Waals surface area contributed by atoms with Gasteiger partial charge in [-0.3, -0.25) is 19.1 Å². The number of hydrogen-bond acceptors (Lipinski definition) is 5. The molecule has 2 fully saturated rings. The van der Waals surface area contributed by atoms with E-state index in [9.17, 15) is 19.5 Å². The number of nitrogens with zero attached hydrogens (tertiary/aromatic N) is 2. The van der Waals surface area contributed by atoms with Crippen molar-refractivity contribution in [2.75, 3.05) is 5.32 Å². The van der Waals surface area contributed by atoms with E-state index in [4.69, 9.17) is 4.42 Å². The number of hydrogen-bond donors (Lipinski definition) is 3. The topological polar surface area (TPSA) is 126 Å². The summed E-state index contributed by atoms with van der Waals surface area (Å²) in [5.74, 6) is -2.22. The van der Waals surface area contributed by atoms with E-state index in [0.29, 0.717) is 5.76 Å². The summed E-state index contributed by atoms with van der Waals surface area (Å²) in [6.07, 6.45) is 5.57. The number of aromatic nitrogens is 2. The van der Waals surface area contributed by atoms with E-state index in [1.807, 2.05) is 0 Å². The molecule has 4 rings (SSSR count). The minimum atomic E-state index is -0.921. The molecule has 0 spiro atoms. The number of aryl methyl sites for hydroxylation is 1. The minimum Gasteiger partial charge on any atom is -0.481 e. The van der Waals surface area contributed by atoms with Gasteiger partial charge in [0.25, 0.3) is 5.91 Å². The number of carbonyl (C=O) groups excluding carboxylic acids is 2. The van der Waals surface area contributed by atoms with Crippen molar-refractivity contribution < 1.29 is 23.9 Å². The zero-order valence-corrected chi connectivity index (χ0v) is 15.4. The molecular weight excluding hydrogens is 364 g/mol. The molecule has 28 heavy (non-hydrogen) atoms. The Labute approximate surface area is 161 Å². The maximum absolute atomic E-state index is 12.9. The van der Waals surface area contributed by atoms with Crippen molar-refractivity contribution in [3.8, 4) is 0 Å². The molecule has 0 saturated heterocycles. The van der Waals surface area contributed by atoms with E-state index in [0.717, 1.165) is 19.3 Å². The van der Waals surface area contributed by atoms with Crippen LogP contribution in [0.1, 0.15) is 35.5 Å². The zero-order chi connectivity index (χ0) is 19.8. The molecule has 148 valence electrons. The third kappa shape index (κ3) is 3.28. The monoisotopic (exact) mass is 386 g/mol. The highest BCUT2D eigenvalue weighted by Crippen LogP contribution is 2.52. The molecule has 2 aromatic rings. The van der Waals surface area contributed by atoms with Gasteiger partial charge in [-0.15, -0.1) is 0 Å². The Morgan fingerprint density at radius 2 is 2.04 bits per heavy atom. The number of anilines is 1. The fraction of sp³-hybridized carbons (Fsp3) is 0.474. The lowest BCUT2D eigenvalue weighted by molar-refractivity contribution is -0.148. The average Bonchev–Trinajstić information content (AvgIpc) is 3.43. The molecule has 4 atom stereocenters. The van der Waals surface area contributed by atoms with Crippen molar-refractivity contribution in [2.45, 2.75) is 25.8 Å². The minimum absolute atomic E-state index is 0.0585. The lowest BCUT2D eigenvalue weighted by Crippen LogP contribution is -2.38. The van der Waals surface area contributed by atoms with Crippen LogP contribution in [0, 0.1) is 23.7 Å². The zero-order valence-electron chi connectivity index (χ0n) is 15.4. The summed E-state index contributed by atoms with van der Waals surface area (Å²) in [6.45, 7) is 0.198. The van der Waals surface area contributed by atoms with E-state index < -0.39 is 23.7 Å². The molecule has 0 aliphatic heterocycles. The first-order valence-electron chi connectivity index (χ1n) is 9.32. The van der Waals surface area contributed by atoms with Crippen molar-refractivity contribution in [3.05, 3.63) is 36.0 Å². The Balaban J connectivity index is 1.48. The third-order valence-electron chi connectivity index (χ3n) is 5.81. The van der Waals surface area contributed by atoms with Gasteiger partial charge in [-0.05, 0) is 43.2 Å². The molecule has 2 amide bonds. The van der Waals surface area contributed by atoms with Crippen LogP contribution in [0.4, 0.5) is 5.69 Å². The van der Waals surface area contributed by atoms with Crippen LogP contribution in [0.2, 0.25) is 0 Å². The highest BCUT2D eigenvalue weighted by molar-refractivity contribution is 6.03. The fourth-order valence-corrected chi connectivity index (χ4v) is 4.65. The number of carboxylic acid groups (broad SMARTS) is 1. The second-order valence-electron chi connectivity index (χ2n) is 7.54. The van der Waals surface area contributed by atoms with Gasteiger partial charge in [0.1, 0.15) is 5.76 Å². The molecule has 0 unspecified atom stereocenters. The second-order valence-corrected chi connectivity index (χ2v) is 7.54. The number of amides is 2.